The number of amides is 2. The zero-order chi connectivity index (χ0) is 26.1. The maximum absolute atomic E-state index is 13.6. The van der Waals surface area contributed by atoms with Gasteiger partial charge in [-0.15, -0.1) is 0 Å². The molecule has 190 valence electrons. The van der Waals surface area contributed by atoms with Crippen molar-refractivity contribution in [3.05, 3.63) is 99.5 Å². The molecule has 1 atom stereocenters. The molecule has 0 bridgehead atoms. The molecule has 0 fully saturated rings. The van der Waals surface area contributed by atoms with E-state index in [0.717, 1.165) is 16.7 Å². The quantitative estimate of drug-likeness (QED) is 0.328. The van der Waals surface area contributed by atoms with Gasteiger partial charge in [0.25, 0.3) is 5.91 Å². The van der Waals surface area contributed by atoms with Crippen molar-refractivity contribution in [3.63, 3.8) is 0 Å². The van der Waals surface area contributed by atoms with E-state index in [1.165, 1.54) is 0 Å². The number of carbonyl (C=O) groups is 2. The lowest BCUT2D eigenvalue weighted by Crippen LogP contribution is -2.52. The summed E-state index contributed by atoms with van der Waals surface area (Å²) in [7, 11) is 0. The zero-order valence-electron chi connectivity index (χ0n) is 20.8. The number of rotatable bonds is 11. The molecular weight excluding hydrogens is 495 g/mol. The average molecular weight is 527 g/mol. The molecule has 3 aromatic carbocycles. The molecule has 36 heavy (non-hydrogen) atoms. The summed E-state index contributed by atoms with van der Waals surface area (Å²) in [5.74, 6) is 0.123. The molecule has 3 aromatic rings. The number of nitrogens with one attached hydrogen (secondary N) is 1. The highest BCUT2D eigenvalue weighted by molar-refractivity contribution is 6.35. The lowest BCUT2D eigenvalue weighted by atomic mass is 10.0. The molecule has 0 aliphatic heterocycles. The molecule has 0 radical (unpaired) electrons. The molecule has 0 aromatic heterocycles. The van der Waals surface area contributed by atoms with E-state index in [2.05, 4.69) is 5.32 Å². The Balaban J connectivity index is 1.91. The van der Waals surface area contributed by atoms with Gasteiger partial charge < -0.3 is 15.0 Å². The maximum Gasteiger partial charge on any atom is 0.261 e. The van der Waals surface area contributed by atoms with Crippen molar-refractivity contribution in [2.75, 3.05) is 13.2 Å². The predicted octanol–water partition coefficient (Wildman–Crippen LogP) is 6.09. The number of aryl methyl sites for hydroxylation is 1. The van der Waals surface area contributed by atoms with Crippen LogP contribution in [-0.2, 0) is 22.6 Å². The minimum Gasteiger partial charge on any atom is -0.482 e. The fraction of sp³-hybridized carbons (Fsp3) is 0.310. The Morgan fingerprint density at radius 2 is 1.67 bits per heavy atom. The largest absolute Gasteiger partial charge is 0.482 e. The second-order valence-corrected chi connectivity index (χ2v) is 10.1. The van der Waals surface area contributed by atoms with Gasteiger partial charge in [-0.25, -0.2) is 0 Å². The van der Waals surface area contributed by atoms with E-state index in [9.17, 15) is 9.59 Å². The topological polar surface area (TPSA) is 58.6 Å². The van der Waals surface area contributed by atoms with E-state index in [0.29, 0.717) is 28.8 Å². The van der Waals surface area contributed by atoms with Crippen LogP contribution in [0.15, 0.2) is 72.8 Å². The number of nitrogens with zero attached hydrogens (tertiary/aromatic N) is 1. The maximum atomic E-state index is 13.6. The van der Waals surface area contributed by atoms with Gasteiger partial charge in [-0.05, 0) is 42.2 Å². The minimum atomic E-state index is -0.719. The third kappa shape index (κ3) is 8.28. The van der Waals surface area contributed by atoms with Crippen molar-refractivity contribution in [1.82, 2.24) is 10.2 Å². The van der Waals surface area contributed by atoms with Crippen LogP contribution in [0.2, 0.25) is 10.0 Å². The van der Waals surface area contributed by atoms with Crippen LogP contribution in [0.5, 0.6) is 5.75 Å². The van der Waals surface area contributed by atoms with Crippen molar-refractivity contribution >= 4 is 35.0 Å². The van der Waals surface area contributed by atoms with Crippen molar-refractivity contribution < 1.29 is 14.3 Å². The highest BCUT2D eigenvalue weighted by Gasteiger charge is 2.31. The molecule has 0 aliphatic carbocycles. The highest BCUT2D eigenvalue weighted by atomic mass is 35.5. The molecule has 0 aliphatic rings. The second-order valence-electron chi connectivity index (χ2n) is 9.22. The first kappa shape index (κ1) is 27.6. The molecule has 5 nitrogen and oxygen atoms in total. The van der Waals surface area contributed by atoms with E-state index in [4.69, 9.17) is 27.9 Å². The van der Waals surface area contributed by atoms with Crippen LogP contribution in [0.1, 0.15) is 30.5 Å². The fourth-order valence-corrected chi connectivity index (χ4v) is 4.26. The third-order valence-electron chi connectivity index (χ3n) is 5.64. The van der Waals surface area contributed by atoms with Gasteiger partial charge in [0, 0.05) is 24.5 Å². The fourth-order valence-electron chi connectivity index (χ4n) is 3.80. The second kappa shape index (κ2) is 13.3. The summed E-state index contributed by atoms with van der Waals surface area (Å²) in [6, 6.07) is 21.7. The van der Waals surface area contributed by atoms with E-state index < -0.39 is 6.04 Å². The first-order valence-corrected chi connectivity index (χ1v) is 12.7. The van der Waals surface area contributed by atoms with E-state index in [1.54, 1.807) is 23.1 Å². The standard InChI is InChI=1S/C29H32Cl2N2O3/c1-20(2)17-32-29(35)26(15-22-9-5-4-6-10-22)33(18-23-11-7-8-21(3)14-23)28(34)19-36-27-13-12-24(30)16-25(27)31/h4-14,16,20,26H,15,17-19H2,1-3H3,(H,32,35)/t26-/m0/s1. The van der Waals surface area contributed by atoms with Gasteiger partial charge >= 0.3 is 0 Å². The Kier molecular flexibility index (Phi) is 10.2. The highest BCUT2D eigenvalue weighted by Crippen LogP contribution is 2.27. The van der Waals surface area contributed by atoms with Crippen LogP contribution >= 0.6 is 23.2 Å². The number of benzene rings is 3. The minimum absolute atomic E-state index is 0.196. The van der Waals surface area contributed by atoms with E-state index >= 15 is 0 Å². The molecule has 2 amide bonds. The average Bonchev–Trinajstić information content (AvgIpc) is 2.84. The lowest BCUT2D eigenvalue weighted by Gasteiger charge is -2.32. The van der Waals surface area contributed by atoms with Crippen LogP contribution in [-0.4, -0.2) is 35.9 Å². The summed E-state index contributed by atoms with van der Waals surface area (Å²) in [6.07, 6.45) is 0.379. The molecule has 3 rings (SSSR count). The molecule has 0 spiro atoms. The Morgan fingerprint density at radius 1 is 0.944 bits per heavy atom. The number of carbonyl (C=O) groups excluding carboxylic acids is 2. The van der Waals surface area contributed by atoms with Gasteiger partial charge in [-0.3, -0.25) is 9.59 Å². The first-order chi connectivity index (χ1) is 17.2. The van der Waals surface area contributed by atoms with Crippen LogP contribution < -0.4 is 10.1 Å². The number of halogens is 2. The van der Waals surface area contributed by atoms with Crippen molar-refractivity contribution in [3.8, 4) is 5.75 Å². The van der Waals surface area contributed by atoms with E-state index in [1.807, 2.05) is 75.4 Å². The number of ether oxygens (including phenoxy) is 1. The molecule has 1 N–H and O–H groups in total. The third-order valence-corrected chi connectivity index (χ3v) is 6.17. The van der Waals surface area contributed by atoms with Crippen LogP contribution in [0.4, 0.5) is 0 Å². The molecule has 0 heterocycles. The van der Waals surface area contributed by atoms with Gasteiger partial charge in [-0.1, -0.05) is 97.2 Å². The summed E-state index contributed by atoms with van der Waals surface area (Å²) in [5.41, 5.74) is 2.97. The zero-order valence-corrected chi connectivity index (χ0v) is 22.4. The van der Waals surface area contributed by atoms with Crippen LogP contribution in [0.25, 0.3) is 0 Å². The Morgan fingerprint density at radius 3 is 2.33 bits per heavy atom. The van der Waals surface area contributed by atoms with Crippen LogP contribution in [0.3, 0.4) is 0 Å². The summed E-state index contributed by atoms with van der Waals surface area (Å²) < 4.78 is 5.76. The summed E-state index contributed by atoms with van der Waals surface area (Å²) in [6.45, 7) is 6.59. The van der Waals surface area contributed by atoms with Gasteiger partial charge in [0.2, 0.25) is 5.91 Å². The van der Waals surface area contributed by atoms with Gasteiger partial charge in [0.05, 0.1) is 5.02 Å². The molecule has 0 saturated heterocycles. The monoisotopic (exact) mass is 526 g/mol. The lowest BCUT2D eigenvalue weighted by molar-refractivity contribution is -0.142. The summed E-state index contributed by atoms with van der Waals surface area (Å²) in [4.78, 5) is 28.6. The Hall–Kier alpha value is -3.02. The van der Waals surface area contributed by atoms with Gasteiger partial charge in [0.1, 0.15) is 11.8 Å². The molecule has 0 unspecified atom stereocenters. The normalized spacial score (nSPS) is 11.7. The van der Waals surface area contributed by atoms with Crippen molar-refractivity contribution in [2.24, 2.45) is 5.92 Å². The summed E-state index contributed by atoms with van der Waals surface area (Å²) in [5, 5.41) is 3.81. The van der Waals surface area contributed by atoms with Gasteiger partial charge in [-0.2, -0.15) is 0 Å². The predicted molar refractivity (Wildman–Crippen MR) is 145 cm³/mol. The Labute approximate surface area is 223 Å². The Bertz CT molecular complexity index is 1170. The van der Waals surface area contributed by atoms with E-state index in [-0.39, 0.29) is 30.9 Å². The van der Waals surface area contributed by atoms with Crippen molar-refractivity contribution in [2.45, 2.75) is 39.8 Å². The molecule has 7 heteroatoms. The SMILES string of the molecule is Cc1cccc(CN(C(=O)COc2ccc(Cl)cc2Cl)[C@@H](Cc2ccccc2)C(=O)NCC(C)C)c1. The smallest absolute Gasteiger partial charge is 0.261 e. The van der Waals surface area contributed by atoms with Gasteiger partial charge in [0.15, 0.2) is 6.61 Å². The van der Waals surface area contributed by atoms with Crippen molar-refractivity contribution in [1.29, 1.82) is 0 Å². The van der Waals surface area contributed by atoms with Crippen LogP contribution in [0, 0.1) is 12.8 Å². The first-order valence-electron chi connectivity index (χ1n) is 12.0. The summed E-state index contributed by atoms with van der Waals surface area (Å²) >= 11 is 12.2. The number of hydrogen-bond donors (Lipinski definition) is 1. The number of hydrogen-bond acceptors (Lipinski definition) is 3. The molecular formula is C29H32Cl2N2O3. The molecule has 0 saturated carbocycles.